The highest BCUT2D eigenvalue weighted by Crippen LogP contribution is 2.11. The highest BCUT2D eigenvalue weighted by atomic mass is 16.2. The molecule has 120 valence electrons. The van der Waals surface area contributed by atoms with Gasteiger partial charge in [0.15, 0.2) is 0 Å². The fourth-order valence-corrected chi connectivity index (χ4v) is 3.01. The van der Waals surface area contributed by atoms with E-state index >= 15 is 0 Å². The number of aromatic nitrogens is 1. The molecule has 0 saturated carbocycles. The minimum absolute atomic E-state index is 0.235. The Balaban J connectivity index is 1.49. The van der Waals surface area contributed by atoms with E-state index in [4.69, 9.17) is 0 Å². The molecule has 1 fully saturated rings. The number of pyridine rings is 1. The molecule has 2 heterocycles. The number of carbonyl (C=O) groups is 1. The largest absolute Gasteiger partial charge is 0.340 e. The van der Waals surface area contributed by atoms with Crippen molar-refractivity contribution in [3.8, 4) is 0 Å². The molecule has 0 spiro atoms. The number of hydrogen-bond acceptors (Lipinski definition) is 3. The fourth-order valence-electron chi connectivity index (χ4n) is 3.01. The monoisotopic (exact) mass is 309 g/mol. The molecule has 0 radical (unpaired) electrons. The first-order chi connectivity index (χ1) is 11.2. The van der Waals surface area contributed by atoms with Crippen molar-refractivity contribution in [3.63, 3.8) is 0 Å². The van der Waals surface area contributed by atoms with Crippen LogP contribution in [0.1, 0.15) is 16.7 Å². The number of nitrogens with zero attached hydrogens (tertiary/aromatic N) is 3. The van der Waals surface area contributed by atoms with Crippen molar-refractivity contribution in [2.75, 3.05) is 26.2 Å². The van der Waals surface area contributed by atoms with E-state index in [0.717, 1.165) is 38.3 Å². The maximum Gasteiger partial charge on any atom is 0.227 e. The van der Waals surface area contributed by atoms with Crippen molar-refractivity contribution in [1.82, 2.24) is 14.8 Å². The van der Waals surface area contributed by atoms with E-state index in [-0.39, 0.29) is 5.91 Å². The van der Waals surface area contributed by atoms with Gasteiger partial charge in [-0.2, -0.15) is 0 Å². The van der Waals surface area contributed by atoms with Crippen LogP contribution in [0.5, 0.6) is 0 Å². The zero-order valence-corrected chi connectivity index (χ0v) is 13.6. The summed E-state index contributed by atoms with van der Waals surface area (Å²) < 4.78 is 0. The number of amides is 1. The third-order valence-corrected chi connectivity index (χ3v) is 4.32. The lowest BCUT2D eigenvalue weighted by Gasteiger charge is -2.34. The van der Waals surface area contributed by atoms with E-state index in [2.05, 4.69) is 41.1 Å². The molecule has 3 rings (SSSR count). The summed E-state index contributed by atoms with van der Waals surface area (Å²) in [6, 6.07) is 12.3. The maximum atomic E-state index is 12.4. The van der Waals surface area contributed by atoms with E-state index in [1.165, 1.54) is 11.1 Å². The molecule has 1 amide bonds. The van der Waals surface area contributed by atoms with Gasteiger partial charge >= 0.3 is 0 Å². The normalized spacial score (nSPS) is 15.6. The average Bonchev–Trinajstić information content (AvgIpc) is 2.56. The summed E-state index contributed by atoms with van der Waals surface area (Å²) in [5.41, 5.74) is 3.59. The van der Waals surface area contributed by atoms with Crippen molar-refractivity contribution in [1.29, 1.82) is 0 Å². The van der Waals surface area contributed by atoms with E-state index in [1.807, 2.05) is 29.4 Å². The van der Waals surface area contributed by atoms with Crippen molar-refractivity contribution >= 4 is 5.91 Å². The molecule has 4 heteroatoms. The lowest BCUT2D eigenvalue weighted by atomic mass is 10.1. The minimum Gasteiger partial charge on any atom is -0.340 e. The van der Waals surface area contributed by atoms with Gasteiger partial charge in [0.25, 0.3) is 0 Å². The fraction of sp³-hybridized carbons (Fsp3) is 0.368. The van der Waals surface area contributed by atoms with Gasteiger partial charge in [-0.1, -0.05) is 29.8 Å². The SMILES string of the molecule is Cc1cccc(CC(=O)N2CCN(Cc3ccncc3)CC2)c1. The zero-order chi connectivity index (χ0) is 16.1. The summed E-state index contributed by atoms with van der Waals surface area (Å²) in [5.74, 6) is 0.235. The van der Waals surface area contributed by atoms with E-state index < -0.39 is 0 Å². The predicted octanol–water partition coefficient (Wildman–Crippen LogP) is 2.28. The van der Waals surface area contributed by atoms with Crippen LogP contribution in [-0.4, -0.2) is 46.9 Å². The Bertz CT molecular complexity index is 649. The highest BCUT2D eigenvalue weighted by Gasteiger charge is 2.21. The molecule has 1 aromatic carbocycles. The summed E-state index contributed by atoms with van der Waals surface area (Å²) >= 11 is 0. The van der Waals surface area contributed by atoms with Crippen molar-refractivity contribution < 1.29 is 4.79 Å². The number of piperazine rings is 1. The van der Waals surface area contributed by atoms with Crippen LogP contribution >= 0.6 is 0 Å². The zero-order valence-electron chi connectivity index (χ0n) is 13.6. The topological polar surface area (TPSA) is 36.4 Å². The summed E-state index contributed by atoms with van der Waals surface area (Å²) in [4.78, 5) is 20.9. The summed E-state index contributed by atoms with van der Waals surface area (Å²) in [6.45, 7) is 6.49. The average molecular weight is 309 g/mol. The van der Waals surface area contributed by atoms with Gasteiger partial charge in [0, 0.05) is 45.1 Å². The molecule has 23 heavy (non-hydrogen) atoms. The summed E-state index contributed by atoms with van der Waals surface area (Å²) in [6.07, 6.45) is 4.17. The van der Waals surface area contributed by atoms with Crippen molar-refractivity contribution in [2.24, 2.45) is 0 Å². The smallest absolute Gasteiger partial charge is 0.227 e. The van der Waals surface area contributed by atoms with Crippen molar-refractivity contribution in [3.05, 3.63) is 65.5 Å². The van der Waals surface area contributed by atoms with E-state index in [1.54, 1.807) is 0 Å². The molecule has 0 N–H and O–H groups in total. The van der Waals surface area contributed by atoms with Gasteiger partial charge < -0.3 is 4.90 Å². The first-order valence-corrected chi connectivity index (χ1v) is 8.15. The van der Waals surface area contributed by atoms with Crippen LogP contribution in [0.15, 0.2) is 48.8 Å². The third kappa shape index (κ3) is 4.39. The lowest BCUT2D eigenvalue weighted by molar-refractivity contribution is -0.132. The second kappa shape index (κ2) is 7.38. The molecule has 1 aromatic heterocycles. The van der Waals surface area contributed by atoms with Crippen LogP contribution in [0.25, 0.3) is 0 Å². The van der Waals surface area contributed by atoms with Crippen LogP contribution in [0.4, 0.5) is 0 Å². The predicted molar refractivity (Wildman–Crippen MR) is 91.0 cm³/mol. The number of carbonyl (C=O) groups excluding carboxylic acids is 1. The van der Waals surface area contributed by atoms with Gasteiger partial charge in [0.1, 0.15) is 0 Å². The third-order valence-electron chi connectivity index (χ3n) is 4.32. The molecular formula is C19H23N3O. The van der Waals surface area contributed by atoms with Crippen LogP contribution < -0.4 is 0 Å². The molecule has 2 aromatic rings. The number of hydrogen-bond donors (Lipinski definition) is 0. The highest BCUT2D eigenvalue weighted by molar-refractivity contribution is 5.79. The molecule has 0 aliphatic carbocycles. The number of aryl methyl sites for hydroxylation is 1. The Hall–Kier alpha value is -2.20. The molecule has 4 nitrogen and oxygen atoms in total. The van der Waals surface area contributed by atoms with Gasteiger partial charge in [0.05, 0.1) is 6.42 Å². The summed E-state index contributed by atoms with van der Waals surface area (Å²) in [7, 11) is 0. The van der Waals surface area contributed by atoms with E-state index in [9.17, 15) is 4.79 Å². The summed E-state index contributed by atoms with van der Waals surface area (Å²) in [5, 5.41) is 0. The minimum atomic E-state index is 0.235. The molecule has 1 aliphatic heterocycles. The van der Waals surface area contributed by atoms with Crippen LogP contribution in [0, 0.1) is 6.92 Å². The molecule has 1 aliphatic rings. The number of benzene rings is 1. The van der Waals surface area contributed by atoms with Gasteiger partial charge in [-0.25, -0.2) is 0 Å². The van der Waals surface area contributed by atoms with Gasteiger partial charge in [0.2, 0.25) is 5.91 Å². The molecular weight excluding hydrogens is 286 g/mol. The van der Waals surface area contributed by atoms with Crippen LogP contribution in [0.3, 0.4) is 0 Å². The van der Waals surface area contributed by atoms with Gasteiger partial charge in [-0.3, -0.25) is 14.7 Å². The Morgan fingerprint density at radius 2 is 1.78 bits per heavy atom. The Morgan fingerprint density at radius 1 is 1.04 bits per heavy atom. The van der Waals surface area contributed by atoms with Crippen LogP contribution in [0.2, 0.25) is 0 Å². The Labute approximate surface area is 137 Å². The maximum absolute atomic E-state index is 12.4. The Kier molecular flexibility index (Phi) is 5.03. The first kappa shape index (κ1) is 15.7. The van der Waals surface area contributed by atoms with Crippen molar-refractivity contribution in [2.45, 2.75) is 19.9 Å². The van der Waals surface area contributed by atoms with Crippen LogP contribution in [-0.2, 0) is 17.8 Å². The number of rotatable bonds is 4. The van der Waals surface area contributed by atoms with Gasteiger partial charge in [-0.15, -0.1) is 0 Å². The molecule has 0 atom stereocenters. The first-order valence-electron chi connectivity index (χ1n) is 8.15. The second-order valence-corrected chi connectivity index (χ2v) is 6.18. The van der Waals surface area contributed by atoms with E-state index in [0.29, 0.717) is 6.42 Å². The van der Waals surface area contributed by atoms with Gasteiger partial charge in [-0.05, 0) is 30.2 Å². The second-order valence-electron chi connectivity index (χ2n) is 6.18. The standard InChI is InChI=1S/C19H23N3O/c1-16-3-2-4-18(13-16)14-19(23)22-11-9-21(10-12-22)15-17-5-7-20-8-6-17/h2-8,13H,9-12,14-15H2,1H3. The molecule has 0 unspecified atom stereocenters. The lowest BCUT2D eigenvalue weighted by Crippen LogP contribution is -2.48. The Morgan fingerprint density at radius 3 is 2.48 bits per heavy atom. The molecule has 0 bridgehead atoms. The quantitative estimate of drug-likeness (QED) is 0.869. The molecule has 1 saturated heterocycles.